The van der Waals surface area contributed by atoms with E-state index in [0.717, 1.165) is 12.2 Å². The Kier molecular flexibility index (Phi) is 5.36. The van der Waals surface area contributed by atoms with Gasteiger partial charge in [0.05, 0.1) is 23.8 Å². The van der Waals surface area contributed by atoms with E-state index in [-0.39, 0.29) is 17.9 Å². The minimum atomic E-state index is 0.139. The lowest BCUT2D eigenvalue weighted by Gasteiger charge is -2.31. The highest BCUT2D eigenvalue weighted by molar-refractivity contribution is 6.00. The van der Waals surface area contributed by atoms with Gasteiger partial charge >= 0.3 is 0 Å². The van der Waals surface area contributed by atoms with Crippen LogP contribution in [0.15, 0.2) is 36.5 Å². The standard InChI is InChI=1S/C16H19N3O.C2H6/c1-3-15(20)13-10-17-19-11(2)9-14(18-16(13)19)12-7-5-4-6-8-12;1-2/h4-8,10-11,14,18H,3,9H2,1-2H3;1-2H3. The lowest BCUT2D eigenvalue weighted by molar-refractivity contribution is 0.0988. The van der Waals surface area contributed by atoms with E-state index in [4.69, 9.17) is 0 Å². The summed E-state index contributed by atoms with van der Waals surface area (Å²) < 4.78 is 1.93. The smallest absolute Gasteiger partial charge is 0.167 e. The number of Topliss-reactive ketones (excluding diaryl/α,β-unsaturated/α-hetero) is 1. The van der Waals surface area contributed by atoms with Crippen molar-refractivity contribution >= 4 is 11.6 Å². The third-order valence-corrected chi connectivity index (χ3v) is 3.92. The Morgan fingerprint density at radius 1 is 1.32 bits per heavy atom. The van der Waals surface area contributed by atoms with Crippen LogP contribution in [0.2, 0.25) is 0 Å². The van der Waals surface area contributed by atoms with Crippen molar-refractivity contribution in [1.82, 2.24) is 9.78 Å². The number of nitrogens with one attached hydrogen (secondary N) is 1. The average Bonchev–Trinajstić information content (AvgIpc) is 3.01. The van der Waals surface area contributed by atoms with Crippen molar-refractivity contribution in [2.75, 3.05) is 5.32 Å². The van der Waals surface area contributed by atoms with E-state index in [2.05, 4.69) is 29.5 Å². The van der Waals surface area contributed by atoms with Gasteiger partial charge in [-0.15, -0.1) is 0 Å². The van der Waals surface area contributed by atoms with Crippen LogP contribution in [-0.2, 0) is 0 Å². The van der Waals surface area contributed by atoms with Gasteiger partial charge in [0.25, 0.3) is 0 Å². The minimum Gasteiger partial charge on any atom is -0.363 e. The molecule has 0 amide bonds. The first kappa shape index (κ1) is 16.3. The fourth-order valence-corrected chi connectivity index (χ4v) is 2.80. The van der Waals surface area contributed by atoms with E-state index < -0.39 is 0 Å². The summed E-state index contributed by atoms with van der Waals surface area (Å²) in [6, 6.07) is 10.9. The molecule has 2 aromatic rings. The number of anilines is 1. The van der Waals surface area contributed by atoms with E-state index in [1.165, 1.54) is 5.56 Å². The fraction of sp³-hybridized carbons (Fsp3) is 0.444. The summed E-state index contributed by atoms with van der Waals surface area (Å²) in [5, 5.41) is 7.86. The van der Waals surface area contributed by atoms with E-state index >= 15 is 0 Å². The summed E-state index contributed by atoms with van der Waals surface area (Å²) in [6.45, 7) is 8.03. The zero-order chi connectivity index (χ0) is 16.1. The van der Waals surface area contributed by atoms with Gasteiger partial charge in [-0.25, -0.2) is 4.68 Å². The molecule has 0 saturated heterocycles. The molecule has 22 heavy (non-hydrogen) atoms. The monoisotopic (exact) mass is 299 g/mol. The van der Waals surface area contributed by atoms with Crippen LogP contribution in [0.3, 0.4) is 0 Å². The van der Waals surface area contributed by atoms with Gasteiger partial charge in [-0.1, -0.05) is 51.1 Å². The molecule has 2 unspecified atom stereocenters. The molecule has 4 nitrogen and oxygen atoms in total. The van der Waals surface area contributed by atoms with Crippen molar-refractivity contribution in [3.8, 4) is 0 Å². The van der Waals surface area contributed by atoms with Crippen LogP contribution in [0.5, 0.6) is 0 Å². The van der Waals surface area contributed by atoms with E-state index in [9.17, 15) is 4.79 Å². The third kappa shape index (κ3) is 3.06. The van der Waals surface area contributed by atoms with Crippen molar-refractivity contribution < 1.29 is 4.79 Å². The number of fused-ring (bicyclic) bond motifs is 1. The normalized spacial score (nSPS) is 19.5. The van der Waals surface area contributed by atoms with Gasteiger partial charge in [-0.3, -0.25) is 4.79 Å². The van der Waals surface area contributed by atoms with Crippen molar-refractivity contribution in [3.63, 3.8) is 0 Å². The van der Waals surface area contributed by atoms with Crippen LogP contribution in [0.1, 0.15) is 68.5 Å². The molecule has 118 valence electrons. The first-order valence-corrected chi connectivity index (χ1v) is 8.13. The molecule has 2 heterocycles. The molecule has 1 N–H and O–H groups in total. The number of nitrogens with zero attached hydrogens (tertiary/aromatic N) is 2. The van der Waals surface area contributed by atoms with Crippen LogP contribution >= 0.6 is 0 Å². The molecule has 0 spiro atoms. The maximum atomic E-state index is 12.0. The highest BCUT2D eigenvalue weighted by Crippen LogP contribution is 2.36. The van der Waals surface area contributed by atoms with E-state index in [0.29, 0.717) is 12.0 Å². The van der Waals surface area contributed by atoms with E-state index in [1.54, 1.807) is 6.20 Å². The first-order valence-electron chi connectivity index (χ1n) is 8.13. The number of benzene rings is 1. The average molecular weight is 299 g/mol. The second-order valence-electron chi connectivity index (χ2n) is 5.32. The van der Waals surface area contributed by atoms with Crippen molar-refractivity contribution in [3.05, 3.63) is 47.7 Å². The number of ketones is 1. The largest absolute Gasteiger partial charge is 0.363 e. The lowest BCUT2D eigenvalue weighted by atomic mass is 9.97. The Hall–Kier alpha value is -2.10. The van der Waals surface area contributed by atoms with Crippen LogP contribution in [-0.4, -0.2) is 15.6 Å². The molecule has 4 heteroatoms. The third-order valence-electron chi connectivity index (χ3n) is 3.92. The van der Waals surface area contributed by atoms with Crippen LogP contribution < -0.4 is 5.32 Å². The minimum absolute atomic E-state index is 0.139. The molecular formula is C18H25N3O. The van der Waals surface area contributed by atoms with Gasteiger partial charge in [-0.2, -0.15) is 5.10 Å². The topological polar surface area (TPSA) is 46.9 Å². The number of rotatable bonds is 3. The van der Waals surface area contributed by atoms with Gasteiger partial charge in [0.1, 0.15) is 5.82 Å². The Morgan fingerprint density at radius 2 is 2.00 bits per heavy atom. The molecule has 0 aliphatic carbocycles. The molecular weight excluding hydrogens is 274 g/mol. The molecule has 1 aromatic heterocycles. The maximum Gasteiger partial charge on any atom is 0.167 e. The van der Waals surface area contributed by atoms with Crippen LogP contribution in [0.4, 0.5) is 5.82 Å². The Labute approximate surface area is 132 Å². The van der Waals surface area contributed by atoms with Crippen molar-refractivity contribution in [2.24, 2.45) is 0 Å². The molecule has 2 atom stereocenters. The molecule has 1 aromatic carbocycles. The zero-order valence-corrected chi connectivity index (χ0v) is 13.8. The Morgan fingerprint density at radius 3 is 2.64 bits per heavy atom. The van der Waals surface area contributed by atoms with Crippen molar-refractivity contribution in [1.29, 1.82) is 0 Å². The lowest BCUT2D eigenvalue weighted by Crippen LogP contribution is -2.26. The highest BCUT2D eigenvalue weighted by Gasteiger charge is 2.28. The summed E-state index contributed by atoms with van der Waals surface area (Å²) in [4.78, 5) is 12.0. The van der Waals surface area contributed by atoms with Gasteiger partial charge in [-0.05, 0) is 18.9 Å². The maximum absolute atomic E-state index is 12.0. The molecule has 0 fully saturated rings. The summed E-state index contributed by atoms with van der Waals surface area (Å²) in [5.41, 5.74) is 1.96. The number of hydrogen-bond acceptors (Lipinski definition) is 3. The first-order chi connectivity index (χ1) is 10.7. The zero-order valence-electron chi connectivity index (χ0n) is 13.8. The SMILES string of the molecule is CC.CCC(=O)c1cnn2c1NC(c1ccccc1)CC2C. The number of hydrogen-bond donors (Lipinski definition) is 1. The summed E-state index contributed by atoms with van der Waals surface area (Å²) in [6.07, 6.45) is 3.17. The molecule has 3 rings (SSSR count). The number of aromatic nitrogens is 2. The predicted molar refractivity (Wildman–Crippen MR) is 90.3 cm³/mol. The van der Waals surface area contributed by atoms with Gasteiger partial charge in [0, 0.05) is 6.42 Å². The highest BCUT2D eigenvalue weighted by atomic mass is 16.1. The molecule has 0 bridgehead atoms. The second-order valence-corrected chi connectivity index (χ2v) is 5.32. The van der Waals surface area contributed by atoms with Gasteiger partial charge < -0.3 is 5.32 Å². The fourth-order valence-electron chi connectivity index (χ4n) is 2.80. The molecule has 1 aliphatic heterocycles. The summed E-state index contributed by atoms with van der Waals surface area (Å²) in [7, 11) is 0. The molecule has 0 saturated carbocycles. The quantitative estimate of drug-likeness (QED) is 0.841. The summed E-state index contributed by atoms with van der Waals surface area (Å²) >= 11 is 0. The predicted octanol–water partition coefficient (Wildman–Crippen LogP) is 4.62. The second kappa shape index (κ2) is 7.25. The number of carbonyl (C=O) groups excluding carboxylic acids is 1. The molecule has 0 radical (unpaired) electrons. The summed E-state index contributed by atoms with van der Waals surface area (Å²) in [5.74, 6) is 1.00. The number of carbonyl (C=O) groups is 1. The molecule has 1 aliphatic rings. The van der Waals surface area contributed by atoms with Crippen LogP contribution in [0.25, 0.3) is 0 Å². The Bertz CT molecular complexity index is 619. The van der Waals surface area contributed by atoms with Crippen molar-refractivity contribution in [2.45, 2.75) is 52.6 Å². The van der Waals surface area contributed by atoms with E-state index in [1.807, 2.05) is 43.7 Å². The Balaban J connectivity index is 0.000000847. The van der Waals surface area contributed by atoms with Crippen LogP contribution in [0, 0.1) is 0 Å². The van der Waals surface area contributed by atoms with Gasteiger partial charge in [0.15, 0.2) is 5.78 Å². The van der Waals surface area contributed by atoms with Gasteiger partial charge in [0.2, 0.25) is 0 Å².